The van der Waals surface area contributed by atoms with Gasteiger partial charge >= 0.3 is 0 Å². The number of hydrogen-bond donors (Lipinski definition) is 3. The summed E-state index contributed by atoms with van der Waals surface area (Å²) in [6.45, 7) is 1.81. The van der Waals surface area contributed by atoms with Crippen LogP contribution in [0.25, 0.3) is 0 Å². The molecule has 1 aliphatic rings. The van der Waals surface area contributed by atoms with Crippen LogP contribution in [0.1, 0.15) is 6.42 Å². The van der Waals surface area contributed by atoms with Gasteiger partial charge in [-0.05, 0) is 18.9 Å². The first-order valence-electron chi connectivity index (χ1n) is 3.33. The number of nitrogens with one attached hydrogen (secondary N) is 2. The molecule has 4 N–H and O–H groups in total. The Balaban J connectivity index is 2.20. The highest BCUT2D eigenvalue weighted by Gasteiger charge is 2.20. The summed E-state index contributed by atoms with van der Waals surface area (Å²) in [5, 5.41) is 6.17. The monoisotopic (exact) mass is 128 g/mol. The van der Waals surface area contributed by atoms with Crippen LogP contribution in [0.15, 0.2) is 0 Å². The van der Waals surface area contributed by atoms with E-state index in [2.05, 4.69) is 17.7 Å². The minimum Gasteiger partial charge on any atom is -0.330 e. The van der Waals surface area contributed by atoms with Gasteiger partial charge in [0.05, 0.1) is 6.17 Å². The lowest BCUT2D eigenvalue weighted by Gasteiger charge is -2.06. The fourth-order valence-corrected chi connectivity index (χ4v) is 1.14. The predicted octanol–water partition coefficient (Wildman–Crippen LogP) is -0.738. The van der Waals surface area contributed by atoms with Crippen molar-refractivity contribution in [1.29, 1.82) is 0 Å². The number of rotatable bonds is 2. The molecule has 3 heteroatoms. The van der Waals surface area contributed by atoms with Crippen LogP contribution in [0.5, 0.6) is 0 Å². The molecule has 0 aromatic rings. The van der Waals surface area contributed by atoms with Gasteiger partial charge < -0.3 is 16.4 Å². The molecule has 1 rings (SSSR count). The van der Waals surface area contributed by atoms with Crippen molar-refractivity contribution in [3.63, 3.8) is 0 Å². The van der Waals surface area contributed by atoms with E-state index in [1.807, 2.05) is 0 Å². The first kappa shape index (κ1) is 6.99. The first-order valence-corrected chi connectivity index (χ1v) is 3.33. The summed E-state index contributed by atoms with van der Waals surface area (Å²) in [4.78, 5) is 0. The summed E-state index contributed by atoms with van der Waals surface area (Å²) in [5.74, 6) is 0.643. The molecule has 0 saturated carbocycles. The molecule has 1 radical (unpaired) electrons. The second-order valence-electron chi connectivity index (χ2n) is 2.50. The highest BCUT2D eigenvalue weighted by atomic mass is 15.1. The van der Waals surface area contributed by atoms with Crippen LogP contribution < -0.4 is 16.4 Å². The third-order valence-corrected chi connectivity index (χ3v) is 1.80. The molecule has 0 aliphatic carbocycles. The van der Waals surface area contributed by atoms with Crippen LogP contribution in [0, 0.1) is 13.0 Å². The van der Waals surface area contributed by atoms with Crippen molar-refractivity contribution in [2.75, 3.05) is 13.1 Å². The van der Waals surface area contributed by atoms with Gasteiger partial charge in [0, 0.05) is 13.6 Å². The van der Waals surface area contributed by atoms with E-state index in [1.54, 1.807) is 0 Å². The van der Waals surface area contributed by atoms with Crippen LogP contribution in [-0.2, 0) is 0 Å². The topological polar surface area (TPSA) is 50.1 Å². The highest BCUT2D eigenvalue weighted by molar-refractivity contribution is 4.79. The molecule has 3 nitrogen and oxygen atoms in total. The standard InChI is InChI=1S/C6H14N3/c1-8-6-2-5(3-7)4-9-6/h5-6,8-9H,1-4,7H2. The Hall–Kier alpha value is -0.120. The van der Waals surface area contributed by atoms with Gasteiger partial charge in [0.15, 0.2) is 0 Å². The Kier molecular flexibility index (Phi) is 2.45. The van der Waals surface area contributed by atoms with Crippen LogP contribution in [-0.4, -0.2) is 19.3 Å². The number of nitrogens with two attached hydrogens (primary N) is 1. The Morgan fingerprint density at radius 1 is 1.78 bits per heavy atom. The molecule has 53 valence electrons. The summed E-state index contributed by atoms with van der Waals surface area (Å²) in [6, 6.07) is 0. The fraction of sp³-hybridized carbons (Fsp3) is 0.833. The second-order valence-corrected chi connectivity index (χ2v) is 2.50. The summed E-state index contributed by atoms with van der Waals surface area (Å²) >= 11 is 0. The average Bonchev–Trinajstić information content (AvgIpc) is 2.34. The lowest BCUT2D eigenvalue weighted by Crippen LogP contribution is -2.32. The molecular formula is C6H14N3. The van der Waals surface area contributed by atoms with Gasteiger partial charge in [-0.1, -0.05) is 0 Å². The lowest BCUT2D eigenvalue weighted by atomic mass is 10.1. The predicted molar refractivity (Wildman–Crippen MR) is 37.4 cm³/mol. The third-order valence-electron chi connectivity index (χ3n) is 1.80. The molecule has 0 spiro atoms. The molecule has 0 bridgehead atoms. The summed E-state index contributed by atoms with van der Waals surface area (Å²) in [5.41, 5.74) is 5.46. The summed E-state index contributed by atoms with van der Waals surface area (Å²) < 4.78 is 0. The molecule has 1 aliphatic heterocycles. The van der Waals surface area contributed by atoms with Gasteiger partial charge in [-0.3, -0.25) is 0 Å². The molecule has 9 heavy (non-hydrogen) atoms. The Bertz CT molecular complexity index is 74.4. The maximum Gasteiger partial charge on any atom is 0.0575 e. The van der Waals surface area contributed by atoms with Crippen LogP contribution in [0.2, 0.25) is 0 Å². The van der Waals surface area contributed by atoms with Crippen molar-refractivity contribution in [3.8, 4) is 0 Å². The average molecular weight is 128 g/mol. The lowest BCUT2D eigenvalue weighted by molar-refractivity contribution is 0.523. The second kappa shape index (κ2) is 3.15. The fourth-order valence-electron chi connectivity index (χ4n) is 1.14. The van der Waals surface area contributed by atoms with Gasteiger partial charge in [0.25, 0.3) is 0 Å². The third kappa shape index (κ3) is 1.64. The van der Waals surface area contributed by atoms with E-state index in [0.29, 0.717) is 12.1 Å². The van der Waals surface area contributed by atoms with Gasteiger partial charge in [0.2, 0.25) is 0 Å². The van der Waals surface area contributed by atoms with E-state index < -0.39 is 0 Å². The first-order chi connectivity index (χ1) is 4.36. The van der Waals surface area contributed by atoms with Gasteiger partial charge in [-0.15, -0.1) is 0 Å². The van der Waals surface area contributed by atoms with Gasteiger partial charge in [-0.25, -0.2) is 0 Å². The van der Waals surface area contributed by atoms with Gasteiger partial charge in [-0.2, -0.15) is 0 Å². The molecule has 0 aromatic carbocycles. The Labute approximate surface area is 56.0 Å². The van der Waals surface area contributed by atoms with Crippen molar-refractivity contribution < 1.29 is 0 Å². The molecule has 1 fully saturated rings. The minimum atomic E-state index is 0.388. The highest BCUT2D eigenvalue weighted by Crippen LogP contribution is 2.09. The van der Waals surface area contributed by atoms with Crippen LogP contribution >= 0.6 is 0 Å². The van der Waals surface area contributed by atoms with Crippen molar-refractivity contribution in [2.45, 2.75) is 12.6 Å². The van der Waals surface area contributed by atoms with Crippen LogP contribution in [0.4, 0.5) is 0 Å². The molecule has 1 saturated heterocycles. The van der Waals surface area contributed by atoms with E-state index in [9.17, 15) is 0 Å². The van der Waals surface area contributed by atoms with Crippen molar-refractivity contribution in [3.05, 3.63) is 7.05 Å². The van der Waals surface area contributed by atoms with Crippen molar-refractivity contribution in [2.24, 2.45) is 11.7 Å². The van der Waals surface area contributed by atoms with Gasteiger partial charge in [0.1, 0.15) is 0 Å². The molecule has 1 heterocycles. The maximum atomic E-state index is 5.46. The quantitative estimate of drug-likeness (QED) is 0.459. The smallest absolute Gasteiger partial charge is 0.0575 e. The van der Waals surface area contributed by atoms with E-state index in [0.717, 1.165) is 19.5 Å². The minimum absolute atomic E-state index is 0.388. The Morgan fingerprint density at radius 2 is 2.56 bits per heavy atom. The molecule has 2 atom stereocenters. The zero-order valence-corrected chi connectivity index (χ0v) is 5.56. The molecular weight excluding hydrogens is 114 g/mol. The van der Waals surface area contributed by atoms with E-state index in [4.69, 9.17) is 5.73 Å². The SMILES string of the molecule is [CH2]NC1CC(CN)CN1. The maximum absolute atomic E-state index is 5.46. The Morgan fingerprint density at radius 3 is 2.89 bits per heavy atom. The van der Waals surface area contributed by atoms with E-state index >= 15 is 0 Å². The van der Waals surface area contributed by atoms with Crippen LogP contribution in [0.3, 0.4) is 0 Å². The molecule has 0 amide bonds. The van der Waals surface area contributed by atoms with E-state index in [1.165, 1.54) is 0 Å². The zero-order valence-electron chi connectivity index (χ0n) is 5.56. The molecule has 2 unspecified atom stereocenters. The normalized spacial score (nSPS) is 35.3. The summed E-state index contributed by atoms with van der Waals surface area (Å²) in [7, 11) is 3.58. The molecule has 0 aromatic heterocycles. The zero-order chi connectivity index (χ0) is 6.69. The summed E-state index contributed by atoms with van der Waals surface area (Å²) in [6.07, 6.45) is 1.50. The number of hydrogen-bond acceptors (Lipinski definition) is 3. The van der Waals surface area contributed by atoms with E-state index in [-0.39, 0.29) is 0 Å². The largest absolute Gasteiger partial charge is 0.330 e. The van der Waals surface area contributed by atoms with Crippen molar-refractivity contribution >= 4 is 0 Å². The van der Waals surface area contributed by atoms with Crippen molar-refractivity contribution in [1.82, 2.24) is 10.6 Å².